The van der Waals surface area contributed by atoms with E-state index in [-0.39, 0.29) is 38.6 Å². The van der Waals surface area contributed by atoms with Crippen LogP contribution in [-0.4, -0.2) is 82.3 Å². The molecule has 0 aromatic heterocycles. The van der Waals surface area contributed by atoms with E-state index in [1.54, 1.807) is 0 Å². The molecule has 0 heterocycles. The molecule has 9 heteroatoms. The highest BCUT2D eigenvalue weighted by Crippen LogP contribution is 2.15. The summed E-state index contributed by atoms with van der Waals surface area (Å²) in [6.07, 6.45) is 90.2. The third kappa shape index (κ3) is 64.3. The van der Waals surface area contributed by atoms with Crippen molar-refractivity contribution < 1.29 is 42.9 Å². The monoisotopic (exact) mass is 1150 g/mol. The fourth-order valence-corrected chi connectivity index (χ4v) is 8.34. The van der Waals surface area contributed by atoms with E-state index in [0.29, 0.717) is 23.9 Å². The van der Waals surface area contributed by atoms with Crippen LogP contribution in [0.15, 0.2) is 158 Å². The summed E-state index contributed by atoms with van der Waals surface area (Å²) in [5.74, 6) is -2.33. The van der Waals surface area contributed by atoms with E-state index < -0.39 is 24.3 Å². The van der Waals surface area contributed by atoms with Crippen molar-refractivity contribution in [3.63, 3.8) is 0 Å². The Morgan fingerprint density at radius 1 is 0.361 bits per heavy atom. The quantitative estimate of drug-likeness (QED) is 0.0195. The second-order valence-corrected chi connectivity index (χ2v) is 22.3. The Kier molecular flexibility index (Phi) is 59.1. The maximum Gasteiger partial charge on any atom is 0.306 e. The number of aliphatic carboxylic acids is 1. The zero-order valence-electron chi connectivity index (χ0n) is 53.2. The minimum Gasteiger partial charge on any atom is -0.545 e. The van der Waals surface area contributed by atoms with Gasteiger partial charge in [-0.1, -0.05) is 255 Å². The molecule has 0 aliphatic rings. The number of hydrogen-bond donors (Lipinski definition) is 0. The smallest absolute Gasteiger partial charge is 0.306 e. The lowest BCUT2D eigenvalue weighted by Crippen LogP contribution is -2.44. The lowest BCUT2D eigenvalue weighted by molar-refractivity contribution is -0.870. The number of allylic oxidation sites excluding steroid dienone is 26. The Morgan fingerprint density at radius 2 is 0.651 bits per heavy atom. The number of ether oxygens (including phenoxy) is 4. The molecule has 468 valence electrons. The molecule has 9 nitrogen and oxygen atoms in total. The molecule has 0 saturated carbocycles. The van der Waals surface area contributed by atoms with E-state index in [2.05, 4.69) is 172 Å². The van der Waals surface area contributed by atoms with E-state index in [1.165, 1.54) is 51.4 Å². The molecule has 0 spiro atoms. The number of nitrogens with zero attached hydrogens (tertiary/aromatic N) is 1. The molecule has 83 heavy (non-hydrogen) atoms. The first-order valence-electron chi connectivity index (χ1n) is 32.6. The number of esters is 2. The van der Waals surface area contributed by atoms with E-state index in [0.717, 1.165) is 141 Å². The van der Waals surface area contributed by atoms with Crippen molar-refractivity contribution in [1.29, 1.82) is 0 Å². The van der Waals surface area contributed by atoms with Crippen LogP contribution in [0.2, 0.25) is 0 Å². The summed E-state index contributed by atoms with van der Waals surface area (Å²) >= 11 is 0. The summed E-state index contributed by atoms with van der Waals surface area (Å²) in [5.41, 5.74) is 0. The Bertz CT molecular complexity index is 1920. The number of likely N-dealkylation sites (N-methyl/N-ethyl adjacent to an activating group) is 1. The van der Waals surface area contributed by atoms with Crippen LogP contribution in [-0.2, 0) is 33.3 Å². The highest BCUT2D eigenvalue weighted by molar-refractivity contribution is 5.70. The van der Waals surface area contributed by atoms with Crippen LogP contribution < -0.4 is 5.11 Å². The van der Waals surface area contributed by atoms with E-state index in [4.69, 9.17) is 18.9 Å². The van der Waals surface area contributed by atoms with Gasteiger partial charge in [0, 0.05) is 12.8 Å². The number of quaternary nitrogens is 1. The van der Waals surface area contributed by atoms with Crippen LogP contribution in [0, 0.1) is 0 Å². The molecule has 0 aromatic rings. The molecule has 0 rings (SSSR count). The molecule has 0 amide bonds. The summed E-state index contributed by atoms with van der Waals surface area (Å²) in [6.45, 7) is 4.48. The third-order valence-electron chi connectivity index (χ3n) is 13.3. The van der Waals surface area contributed by atoms with Crippen molar-refractivity contribution in [3.05, 3.63) is 158 Å². The van der Waals surface area contributed by atoms with Gasteiger partial charge in [0.2, 0.25) is 0 Å². The average molecular weight is 1150 g/mol. The van der Waals surface area contributed by atoms with Gasteiger partial charge in [-0.25, -0.2) is 0 Å². The van der Waals surface area contributed by atoms with E-state index >= 15 is 0 Å². The second kappa shape index (κ2) is 62.9. The summed E-state index contributed by atoms with van der Waals surface area (Å²) < 4.78 is 22.7. The van der Waals surface area contributed by atoms with E-state index in [9.17, 15) is 19.5 Å². The van der Waals surface area contributed by atoms with Crippen molar-refractivity contribution in [2.24, 2.45) is 0 Å². The van der Waals surface area contributed by atoms with Crippen molar-refractivity contribution in [2.75, 3.05) is 47.5 Å². The maximum absolute atomic E-state index is 12.9. The number of carbonyl (C=O) groups excluding carboxylic acids is 3. The van der Waals surface area contributed by atoms with Crippen LogP contribution in [0.4, 0.5) is 0 Å². The highest BCUT2D eigenvalue weighted by atomic mass is 16.7. The van der Waals surface area contributed by atoms with Gasteiger partial charge in [0.25, 0.3) is 0 Å². The molecule has 0 aliphatic carbocycles. The molecule has 0 bridgehead atoms. The molecule has 0 saturated heterocycles. The van der Waals surface area contributed by atoms with Gasteiger partial charge < -0.3 is 33.3 Å². The normalized spacial score (nSPS) is 13.8. The fourth-order valence-electron chi connectivity index (χ4n) is 8.34. The summed E-state index contributed by atoms with van der Waals surface area (Å²) in [5, 5.41) is 11.8. The van der Waals surface area contributed by atoms with Gasteiger partial charge in [-0.3, -0.25) is 9.59 Å². The second-order valence-electron chi connectivity index (χ2n) is 22.3. The Morgan fingerprint density at radius 3 is 0.964 bits per heavy atom. The summed E-state index contributed by atoms with van der Waals surface area (Å²) in [6, 6.07) is 0. The molecule has 0 aliphatic heterocycles. The van der Waals surface area contributed by atoms with Crippen molar-refractivity contribution in [1.82, 2.24) is 0 Å². The van der Waals surface area contributed by atoms with Crippen LogP contribution >= 0.6 is 0 Å². The fraction of sp³-hybridized carbons (Fsp3) is 0.608. The predicted molar refractivity (Wildman–Crippen MR) is 352 cm³/mol. The molecule has 0 radical (unpaired) electrons. The lowest BCUT2D eigenvalue weighted by Gasteiger charge is -2.26. The largest absolute Gasteiger partial charge is 0.545 e. The van der Waals surface area contributed by atoms with Gasteiger partial charge in [0.05, 0.1) is 40.3 Å². The van der Waals surface area contributed by atoms with Crippen molar-refractivity contribution in [3.8, 4) is 0 Å². The first-order valence-corrected chi connectivity index (χ1v) is 32.6. The average Bonchev–Trinajstić information content (AvgIpc) is 3.46. The minimum absolute atomic E-state index is 0.136. The Labute approximate surface area is 508 Å². The maximum atomic E-state index is 12.9. The standard InChI is InChI=1S/C74H119NO8/c1-6-8-10-12-14-16-18-20-22-24-26-28-29-30-31-32-33-34-35-36-37-38-39-40-41-42-43-45-47-49-51-53-55-57-59-61-63-65-72(77)83-70(69-82-74(73(78)79)80-67-66-75(3,4)5)68-81-71(76)64-62-60-58-56-54-52-50-48-46-44-27-25-23-21-19-17-15-13-11-9-7-2/h8-11,14-17,20-23,26-28,30-31,33-34,36-37,39-40,44,48,50,70,74H,6-7,12-13,18-19,24-25,29,32,35,38,41-43,45-47,49,51-69H2,1-5H3/b10-8-,11-9-,16-14-,17-15-,22-20-,23-21-,28-26-,31-30-,34-33-,37-36-,40-39-,44-27-,50-48-. The van der Waals surface area contributed by atoms with Gasteiger partial charge in [0.15, 0.2) is 12.4 Å². The first-order chi connectivity index (χ1) is 40.6. The van der Waals surface area contributed by atoms with Crippen LogP contribution in [0.5, 0.6) is 0 Å². The number of carboxylic acid groups (broad SMARTS) is 1. The first kappa shape index (κ1) is 77.9. The van der Waals surface area contributed by atoms with Gasteiger partial charge >= 0.3 is 11.9 Å². The topological polar surface area (TPSA) is 111 Å². The molecule has 2 atom stereocenters. The van der Waals surface area contributed by atoms with Gasteiger partial charge in [0.1, 0.15) is 13.2 Å². The molecular formula is C74H119NO8. The molecule has 0 fully saturated rings. The number of carbonyl (C=O) groups is 3. The number of unbranched alkanes of at least 4 members (excludes halogenated alkanes) is 17. The number of carboxylic acids is 1. The van der Waals surface area contributed by atoms with Crippen LogP contribution in [0.1, 0.15) is 232 Å². The van der Waals surface area contributed by atoms with Gasteiger partial charge in [-0.2, -0.15) is 0 Å². The van der Waals surface area contributed by atoms with E-state index in [1.807, 2.05) is 21.1 Å². The summed E-state index contributed by atoms with van der Waals surface area (Å²) in [7, 11) is 5.91. The van der Waals surface area contributed by atoms with Crippen LogP contribution in [0.25, 0.3) is 0 Å². The SMILES string of the molecule is CC/C=C\C/C=C\C/C=C\C/C=C\C/C=C\C/C=C\C/C=C\C/C=C\CCCCCCCCCCCCCCC(=O)OC(COC(=O)CCCCCCC/C=C\C/C=C\C/C=C\C/C=C\C/C=C\CC)COC(OCC[N+](C)(C)C)C(=O)[O-]. The molecule has 0 N–H and O–H groups in total. The zero-order chi connectivity index (χ0) is 60.5. The zero-order valence-corrected chi connectivity index (χ0v) is 53.2. The Hall–Kier alpha value is -5.09. The minimum atomic E-state index is -1.64. The summed E-state index contributed by atoms with van der Waals surface area (Å²) in [4.78, 5) is 37.4. The van der Waals surface area contributed by atoms with Gasteiger partial charge in [-0.05, 0) is 122 Å². The van der Waals surface area contributed by atoms with Gasteiger partial charge in [-0.15, -0.1) is 0 Å². The van der Waals surface area contributed by atoms with Crippen LogP contribution in [0.3, 0.4) is 0 Å². The third-order valence-corrected chi connectivity index (χ3v) is 13.3. The molecule has 0 aromatic carbocycles. The number of hydrogen-bond acceptors (Lipinski definition) is 8. The molecule has 2 unspecified atom stereocenters. The highest BCUT2D eigenvalue weighted by Gasteiger charge is 2.22. The lowest BCUT2D eigenvalue weighted by atomic mass is 10.0. The van der Waals surface area contributed by atoms with Crippen molar-refractivity contribution in [2.45, 2.75) is 245 Å². The Balaban J connectivity index is 4.20. The number of rotatable bonds is 58. The van der Waals surface area contributed by atoms with Crippen molar-refractivity contribution >= 4 is 17.9 Å². The molecular weight excluding hydrogens is 1030 g/mol. The predicted octanol–water partition coefficient (Wildman–Crippen LogP) is 18.8.